The van der Waals surface area contributed by atoms with Crippen LogP contribution in [0.15, 0.2) is 291 Å². The monoisotopic (exact) mass is 1070 g/mol. The van der Waals surface area contributed by atoms with Gasteiger partial charge in [0.2, 0.25) is 0 Å². The van der Waals surface area contributed by atoms with E-state index in [2.05, 4.69) is 319 Å². The Balaban J connectivity index is 0.980. The summed E-state index contributed by atoms with van der Waals surface area (Å²) in [6.45, 7) is 0. The molecule has 13 aromatic carbocycles. The summed E-state index contributed by atoms with van der Waals surface area (Å²) >= 11 is 0. The van der Waals surface area contributed by atoms with Crippen molar-refractivity contribution in [3.8, 4) is 34.1 Å². The predicted molar refractivity (Wildman–Crippen MR) is 352 cm³/mol. The van der Waals surface area contributed by atoms with E-state index in [9.17, 15) is 0 Å². The summed E-state index contributed by atoms with van der Waals surface area (Å²) < 4.78 is 15.2. The highest BCUT2D eigenvalue weighted by Gasteiger charge is 2.31. The van der Waals surface area contributed by atoms with Gasteiger partial charge in [0.05, 0.1) is 66.2 Å². The Morgan fingerprint density at radius 1 is 0.131 bits per heavy atom. The van der Waals surface area contributed by atoms with Crippen LogP contribution in [0, 0.1) is 0 Å². The summed E-state index contributed by atoms with van der Waals surface area (Å²) in [5.74, 6) is 0. The van der Waals surface area contributed by atoms with E-state index in [0.717, 1.165) is 56.2 Å². The third-order valence-electron chi connectivity index (χ3n) is 18.1. The Kier molecular flexibility index (Phi) is 9.24. The molecule has 0 saturated heterocycles. The van der Waals surface area contributed by atoms with Gasteiger partial charge in [-0.05, 0) is 109 Å². The number of hydrogen-bond acceptors (Lipinski definition) is 0. The molecule has 6 heteroatoms. The molecule has 0 bridgehead atoms. The fraction of sp³-hybridized carbons (Fsp3) is 0. The van der Waals surface area contributed by atoms with E-state index in [1.165, 1.54) is 109 Å². The SMILES string of the molecule is c1ccc(-n2c3ccccc3c3c4c5ccccc5n(-c5ccccc5)c4c4c(c5ccccc5n4-c4ccc(-n5c6ccccc6c6c7c(c8ccccc8n7-c7ccccc7)c7c8ccccc8n(-c8ccccc8)c7c65)cc4)c32)cc1. The third kappa shape index (κ3) is 5.92. The fourth-order valence-electron chi connectivity index (χ4n) is 15.0. The van der Waals surface area contributed by atoms with Crippen molar-refractivity contribution in [2.45, 2.75) is 0 Å². The molecule has 0 saturated carbocycles. The number of para-hydroxylation sites is 10. The van der Waals surface area contributed by atoms with Crippen molar-refractivity contribution < 1.29 is 0 Å². The van der Waals surface area contributed by atoms with E-state index >= 15 is 0 Å². The zero-order chi connectivity index (χ0) is 54.7. The smallest absolute Gasteiger partial charge is 0.0810 e. The number of benzene rings is 13. The van der Waals surface area contributed by atoms with Gasteiger partial charge in [0.1, 0.15) is 0 Å². The van der Waals surface area contributed by atoms with Crippen molar-refractivity contribution >= 4 is 131 Å². The fourth-order valence-corrected chi connectivity index (χ4v) is 15.0. The molecule has 6 nitrogen and oxygen atoms in total. The van der Waals surface area contributed by atoms with Crippen molar-refractivity contribution in [3.63, 3.8) is 0 Å². The molecule has 0 fully saturated rings. The number of aromatic nitrogens is 6. The first-order valence-corrected chi connectivity index (χ1v) is 29.0. The molecular formula is C78H48N6. The third-order valence-corrected chi connectivity index (χ3v) is 18.1. The van der Waals surface area contributed by atoms with Crippen molar-refractivity contribution in [1.82, 2.24) is 27.4 Å². The quantitative estimate of drug-likeness (QED) is 0.159. The summed E-state index contributed by atoms with van der Waals surface area (Å²) in [6, 6.07) is 107. The highest BCUT2D eigenvalue weighted by atomic mass is 15.1. The molecular weight excluding hydrogens is 1020 g/mol. The lowest BCUT2D eigenvalue weighted by molar-refractivity contribution is 1.13. The van der Waals surface area contributed by atoms with E-state index in [1.54, 1.807) is 0 Å². The average Bonchev–Trinajstić information content (AvgIpc) is 1.60. The van der Waals surface area contributed by atoms with Gasteiger partial charge in [-0.3, -0.25) is 0 Å². The molecule has 84 heavy (non-hydrogen) atoms. The van der Waals surface area contributed by atoms with Crippen LogP contribution in [0.25, 0.3) is 165 Å². The Morgan fingerprint density at radius 3 is 0.548 bits per heavy atom. The maximum absolute atomic E-state index is 2.56. The van der Waals surface area contributed by atoms with E-state index < -0.39 is 0 Å². The minimum Gasteiger partial charge on any atom is -0.309 e. The van der Waals surface area contributed by atoms with Gasteiger partial charge >= 0.3 is 0 Å². The Hall–Kier alpha value is -11.3. The predicted octanol–water partition coefficient (Wildman–Crippen LogP) is 20.3. The van der Waals surface area contributed by atoms with Crippen molar-refractivity contribution in [2.24, 2.45) is 0 Å². The minimum absolute atomic E-state index is 1.08. The topological polar surface area (TPSA) is 29.6 Å². The normalized spacial score (nSPS) is 12.3. The summed E-state index contributed by atoms with van der Waals surface area (Å²) in [5.41, 5.74) is 20.7. The molecule has 0 aliphatic carbocycles. The van der Waals surface area contributed by atoms with Crippen LogP contribution in [0.1, 0.15) is 0 Å². The maximum Gasteiger partial charge on any atom is 0.0810 e. The minimum atomic E-state index is 1.08. The molecule has 0 aliphatic rings. The van der Waals surface area contributed by atoms with Gasteiger partial charge in [-0.15, -0.1) is 0 Å². The zero-order valence-corrected chi connectivity index (χ0v) is 45.4. The first-order chi connectivity index (χ1) is 41.8. The first-order valence-electron chi connectivity index (χ1n) is 29.0. The summed E-state index contributed by atoms with van der Waals surface area (Å²) in [6.07, 6.45) is 0. The van der Waals surface area contributed by atoms with Gasteiger partial charge in [-0.25, -0.2) is 0 Å². The summed E-state index contributed by atoms with van der Waals surface area (Å²) in [4.78, 5) is 0. The molecule has 6 heterocycles. The average molecular weight is 1070 g/mol. The molecule has 0 aliphatic heterocycles. The molecule has 0 atom stereocenters. The molecule has 0 amide bonds. The Labute approximate surface area is 480 Å². The molecule has 0 spiro atoms. The standard InChI is InChI=1S/C78H48N6/c1-5-25-49(26-6-1)79-61-39-19-13-33-55(61)67-69-57-35-15-21-41-63(57)81(51-29-9-3-10-30-51)75(69)77-71(73(67)79)59-37-17-23-43-65(59)83(77)53-45-47-54(48-46-53)84-66-44-24-18-38-60(66)72-74-68(56-34-14-20-40-62(56)80(74)50-27-7-2-8-28-50)70-58-36-16-22-42-64(58)82(76(70)78(72)84)52-31-11-4-12-32-52/h1-48H. The van der Waals surface area contributed by atoms with Crippen molar-refractivity contribution in [2.75, 3.05) is 0 Å². The van der Waals surface area contributed by atoms with Gasteiger partial charge in [0.15, 0.2) is 0 Å². The Bertz CT molecular complexity index is 5560. The highest BCUT2D eigenvalue weighted by molar-refractivity contribution is 6.42. The van der Waals surface area contributed by atoms with Crippen LogP contribution in [0.5, 0.6) is 0 Å². The molecule has 6 aromatic heterocycles. The lowest BCUT2D eigenvalue weighted by Crippen LogP contribution is -2.01. The van der Waals surface area contributed by atoms with Crippen LogP contribution in [-0.2, 0) is 0 Å². The summed E-state index contributed by atoms with van der Waals surface area (Å²) in [7, 11) is 0. The van der Waals surface area contributed by atoms with Crippen LogP contribution in [-0.4, -0.2) is 27.4 Å². The van der Waals surface area contributed by atoms with Crippen LogP contribution in [0.2, 0.25) is 0 Å². The van der Waals surface area contributed by atoms with Crippen molar-refractivity contribution in [3.05, 3.63) is 291 Å². The van der Waals surface area contributed by atoms with Crippen LogP contribution >= 0.6 is 0 Å². The van der Waals surface area contributed by atoms with E-state index in [4.69, 9.17) is 0 Å². The van der Waals surface area contributed by atoms with Crippen LogP contribution < -0.4 is 0 Å². The molecule has 0 N–H and O–H groups in total. The zero-order valence-electron chi connectivity index (χ0n) is 45.4. The molecule has 0 radical (unpaired) electrons. The van der Waals surface area contributed by atoms with Gasteiger partial charge in [-0.2, -0.15) is 0 Å². The van der Waals surface area contributed by atoms with Gasteiger partial charge in [0.25, 0.3) is 0 Å². The van der Waals surface area contributed by atoms with Crippen molar-refractivity contribution in [1.29, 1.82) is 0 Å². The lowest BCUT2D eigenvalue weighted by Gasteiger charge is -2.16. The Morgan fingerprint density at radius 2 is 0.298 bits per heavy atom. The maximum atomic E-state index is 2.56. The largest absolute Gasteiger partial charge is 0.309 e. The first kappa shape index (κ1) is 45.4. The van der Waals surface area contributed by atoms with Gasteiger partial charge < -0.3 is 27.4 Å². The van der Waals surface area contributed by atoms with Crippen LogP contribution in [0.4, 0.5) is 0 Å². The number of hydrogen-bond donors (Lipinski definition) is 0. The summed E-state index contributed by atoms with van der Waals surface area (Å²) in [5, 5.41) is 14.7. The highest BCUT2D eigenvalue weighted by Crippen LogP contribution is 2.53. The molecule has 0 unspecified atom stereocenters. The van der Waals surface area contributed by atoms with Gasteiger partial charge in [-0.1, -0.05) is 182 Å². The second-order valence-corrected chi connectivity index (χ2v) is 22.3. The molecule has 19 aromatic rings. The number of fused-ring (bicyclic) bond motifs is 24. The molecule has 390 valence electrons. The van der Waals surface area contributed by atoms with E-state index in [1.807, 2.05) is 0 Å². The second kappa shape index (κ2) is 17.1. The number of nitrogens with zero attached hydrogens (tertiary/aromatic N) is 6. The second-order valence-electron chi connectivity index (χ2n) is 22.3. The molecule has 19 rings (SSSR count). The lowest BCUT2D eigenvalue weighted by atomic mass is 10.0. The van der Waals surface area contributed by atoms with E-state index in [0.29, 0.717) is 0 Å². The number of rotatable bonds is 6. The van der Waals surface area contributed by atoms with Gasteiger partial charge in [0, 0.05) is 98.8 Å². The van der Waals surface area contributed by atoms with E-state index in [-0.39, 0.29) is 0 Å². The van der Waals surface area contributed by atoms with Crippen LogP contribution in [0.3, 0.4) is 0 Å².